The van der Waals surface area contributed by atoms with E-state index in [4.69, 9.17) is 5.11 Å². The van der Waals surface area contributed by atoms with E-state index in [0.717, 1.165) is 11.3 Å². The summed E-state index contributed by atoms with van der Waals surface area (Å²) in [4.78, 5) is 10.7. The van der Waals surface area contributed by atoms with E-state index in [-0.39, 0.29) is 24.8 Å². The molecule has 5 heteroatoms. The molecular weight excluding hydrogens is 281 g/mol. The second-order valence-electron chi connectivity index (χ2n) is 4.03. The molecule has 1 aromatic carbocycles. The van der Waals surface area contributed by atoms with Gasteiger partial charge in [-0.3, -0.25) is 0 Å². The van der Waals surface area contributed by atoms with Gasteiger partial charge in [0.2, 0.25) is 12.2 Å². The Balaban J connectivity index is 0.00000200. The highest BCUT2D eigenvalue weighted by molar-refractivity contribution is 5.67. The van der Waals surface area contributed by atoms with Crippen LogP contribution in [0.2, 0.25) is 0 Å². The Hall–Kier alpha value is -2.20. The van der Waals surface area contributed by atoms with E-state index < -0.39 is 5.97 Å². The van der Waals surface area contributed by atoms with Gasteiger partial charge in [0.25, 0.3) is 0 Å². The van der Waals surface area contributed by atoms with Gasteiger partial charge in [-0.2, -0.15) is 4.57 Å². The second kappa shape index (κ2) is 7.40. The Labute approximate surface area is 122 Å². The number of aliphatic carboxylic acids is 1. The number of hydrogen-bond acceptors (Lipinski definition) is 1. The molecule has 0 bridgehead atoms. The molecule has 0 saturated heterocycles. The molecule has 3 nitrogen and oxygen atoms in total. The smallest absolute Gasteiger partial charge is 0.370 e. The third-order valence-electron chi connectivity index (χ3n) is 2.60. The van der Waals surface area contributed by atoms with Crippen LogP contribution in [0.15, 0.2) is 48.7 Å². The van der Waals surface area contributed by atoms with Crippen LogP contribution in [0, 0.1) is 5.82 Å². The fourth-order valence-corrected chi connectivity index (χ4v) is 1.69. The normalized spacial score (nSPS) is 10.2. The molecule has 0 unspecified atom stereocenters. The lowest BCUT2D eigenvalue weighted by Crippen LogP contribution is -3.00. The van der Waals surface area contributed by atoms with Crippen molar-refractivity contribution in [1.29, 1.82) is 0 Å². The van der Waals surface area contributed by atoms with Crippen LogP contribution in [0.25, 0.3) is 12.2 Å². The molecule has 104 valence electrons. The Morgan fingerprint density at radius 1 is 1.15 bits per heavy atom. The summed E-state index contributed by atoms with van der Waals surface area (Å²) < 4.78 is 14.4. The summed E-state index contributed by atoms with van der Waals surface area (Å²) in [7, 11) is 0. The van der Waals surface area contributed by atoms with Crippen LogP contribution in [-0.2, 0) is 11.3 Å². The van der Waals surface area contributed by atoms with Crippen molar-refractivity contribution in [3.05, 3.63) is 65.7 Å². The molecule has 1 aromatic heterocycles. The highest BCUT2D eigenvalue weighted by atomic mass is 35.5. The number of benzene rings is 1. The molecule has 0 saturated carbocycles. The van der Waals surface area contributed by atoms with Gasteiger partial charge in [-0.05, 0) is 29.8 Å². The summed E-state index contributed by atoms with van der Waals surface area (Å²) in [6, 6.07) is 11.5. The number of hydrogen-bond donors (Lipinski definition) is 1. The SMILES string of the molecule is O=C(O)C[n+]1ccccc1/C=C/c1ccc(F)cc1.[Cl-]. The van der Waals surface area contributed by atoms with E-state index in [1.165, 1.54) is 12.1 Å². The molecule has 0 fully saturated rings. The van der Waals surface area contributed by atoms with Gasteiger partial charge >= 0.3 is 5.97 Å². The van der Waals surface area contributed by atoms with E-state index in [1.54, 1.807) is 35.0 Å². The van der Waals surface area contributed by atoms with Crippen molar-refractivity contribution in [3.63, 3.8) is 0 Å². The summed E-state index contributed by atoms with van der Waals surface area (Å²) in [6.07, 6.45) is 5.32. The van der Waals surface area contributed by atoms with Gasteiger partial charge in [0.15, 0.2) is 6.20 Å². The molecular formula is C15H13ClFNO2. The first-order chi connectivity index (χ1) is 9.15. The Morgan fingerprint density at radius 3 is 2.50 bits per heavy atom. The summed E-state index contributed by atoms with van der Waals surface area (Å²) in [5, 5.41) is 8.82. The lowest BCUT2D eigenvalue weighted by Gasteiger charge is -1.97. The number of nitrogens with zero attached hydrogens (tertiary/aromatic N) is 1. The fraction of sp³-hybridized carbons (Fsp3) is 0.0667. The van der Waals surface area contributed by atoms with Crippen LogP contribution in [0.5, 0.6) is 0 Å². The zero-order chi connectivity index (χ0) is 13.7. The molecule has 1 heterocycles. The van der Waals surface area contributed by atoms with Crippen LogP contribution >= 0.6 is 0 Å². The van der Waals surface area contributed by atoms with Gasteiger partial charge < -0.3 is 17.5 Å². The molecule has 0 spiro atoms. The Morgan fingerprint density at radius 2 is 1.85 bits per heavy atom. The molecule has 0 radical (unpaired) electrons. The third-order valence-corrected chi connectivity index (χ3v) is 2.60. The van der Waals surface area contributed by atoms with Crippen LogP contribution in [0.4, 0.5) is 4.39 Å². The lowest BCUT2D eigenvalue weighted by molar-refractivity contribution is -0.687. The summed E-state index contributed by atoms with van der Waals surface area (Å²) in [6.45, 7) is -0.0933. The minimum atomic E-state index is -0.896. The van der Waals surface area contributed by atoms with Gasteiger partial charge in [-0.15, -0.1) is 0 Å². The second-order valence-corrected chi connectivity index (χ2v) is 4.03. The highest BCUT2D eigenvalue weighted by Gasteiger charge is 2.10. The maximum absolute atomic E-state index is 12.8. The van der Waals surface area contributed by atoms with Crippen molar-refractivity contribution in [1.82, 2.24) is 0 Å². The van der Waals surface area contributed by atoms with Gasteiger partial charge in [-0.25, -0.2) is 9.18 Å². The molecule has 0 aliphatic rings. The Bertz CT molecular complexity index is 612. The number of carboxylic acid groups (broad SMARTS) is 1. The standard InChI is InChI=1S/C15H12FNO2.ClH/c16-13-7-4-12(5-8-13)6-9-14-3-1-2-10-17(14)11-15(18)19;/h1-10H,11H2;1H/b9-6+;. The topological polar surface area (TPSA) is 41.2 Å². The number of aromatic nitrogens is 1. The van der Waals surface area contributed by atoms with Crippen LogP contribution in [0.3, 0.4) is 0 Å². The maximum atomic E-state index is 12.8. The first-order valence-electron chi connectivity index (χ1n) is 5.79. The first kappa shape index (κ1) is 15.9. The largest absolute Gasteiger partial charge is 1.00 e. The number of pyridine rings is 1. The highest BCUT2D eigenvalue weighted by Crippen LogP contribution is 2.07. The van der Waals surface area contributed by atoms with Crippen molar-refractivity contribution in [2.75, 3.05) is 0 Å². The molecule has 20 heavy (non-hydrogen) atoms. The van der Waals surface area contributed by atoms with Gasteiger partial charge in [0, 0.05) is 18.2 Å². The van der Waals surface area contributed by atoms with Crippen LogP contribution < -0.4 is 17.0 Å². The van der Waals surface area contributed by atoms with Gasteiger partial charge in [0.05, 0.1) is 0 Å². The fourth-order valence-electron chi connectivity index (χ4n) is 1.69. The van der Waals surface area contributed by atoms with Crippen molar-refractivity contribution >= 4 is 18.1 Å². The van der Waals surface area contributed by atoms with Gasteiger partial charge in [-0.1, -0.05) is 12.1 Å². The first-order valence-corrected chi connectivity index (χ1v) is 5.79. The average molecular weight is 294 g/mol. The van der Waals surface area contributed by atoms with Gasteiger partial charge in [0.1, 0.15) is 5.82 Å². The minimum Gasteiger partial charge on any atom is -1.00 e. The third kappa shape index (κ3) is 4.48. The number of carbonyl (C=O) groups is 1. The van der Waals surface area contributed by atoms with E-state index >= 15 is 0 Å². The zero-order valence-corrected chi connectivity index (χ0v) is 11.3. The summed E-state index contributed by atoms with van der Waals surface area (Å²) >= 11 is 0. The molecule has 0 aliphatic carbocycles. The molecule has 2 aromatic rings. The summed E-state index contributed by atoms with van der Waals surface area (Å²) in [5.74, 6) is -1.18. The molecule has 0 aliphatic heterocycles. The number of rotatable bonds is 4. The van der Waals surface area contributed by atoms with Crippen molar-refractivity contribution in [2.24, 2.45) is 0 Å². The van der Waals surface area contributed by atoms with Crippen molar-refractivity contribution < 1.29 is 31.3 Å². The molecule has 0 amide bonds. The van der Waals surface area contributed by atoms with E-state index in [1.807, 2.05) is 18.2 Å². The van der Waals surface area contributed by atoms with Crippen molar-refractivity contribution in [2.45, 2.75) is 6.54 Å². The molecule has 2 rings (SSSR count). The Kier molecular flexibility index (Phi) is 5.87. The lowest BCUT2D eigenvalue weighted by atomic mass is 10.2. The zero-order valence-electron chi connectivity index (χ0n) is 10.5. The monoisotopic (exact) mass is 293 g/mol. The maximum Gasteiger partial charge on any atom is 0.370 e. The average Bonchev–Trinajstić information content (AvgIpc) is 2.39. The van der Waals surface area contributed by atoms with E-state index in [9.17, 15) is 9.18 Å². The minimum absolute atomic E-state index is 0. The quantitative estimate of drug-likeness (QED) is 0.763. The summed E-state index contributed by atoms with van der Waals surface area (Å²) in [5.41, 5.74) is 1.63. The predicted octanol–water partition coefficient (Wildman–Crippen LogP) is -0.628. The van der Waals surface area contributed by atoms with E-state index in [0.29, 0.717) is 0 Å². The van der Waals surface area contributed by atoms with E-state index in [2.05, 4.69) is 0 Å². The number of carboxylic acids is 1. The van der Waals surface area contributed by atoms with Crippen molar-refractivity contribution in [3.8, 4) is 0 Å². The predicted molar refractivity (Wildman–Crippen MR) is 69.6 cm³/mol. The van der Waals surface area contributed by atoms with Crippen LogP contribution in [-0.4, -0.2) is 11.1 Å². The van der Waals surface area contributed by atoms with Crippen LogP contribution in [0.1, 0.15) is 11.3 Å². The molecule has 1 N–H and O–H groups in total. The molecule has 0 atom stereocenters. The number of halogens is 2.